The van der Waals surface area contributed by atoms with Crippen LogP contribution in [0.5, 0.6) is 17.2 Å². The van der Waals surface area contributed by atoms with Crippen LogP contribution in [0, 0.1) is 0 Å². The number of hydrogen-bond donors (Lipinski definition) is 0. The third-order valence-electron chi connectivity index (χ3n) is 4.16. The van der Waals surface area contributed by atoms with Crippen molar-refractivity contribution in [2.75, 3.05) is 6.61 Å². The zero-order valence-corrected chi connectivity index (χ0v) is 18.6. The van der Waals surface area contributed by atoms with Gasteiger partial charge in [-0.25, -0.2) is 0 Å². The molecule has 2 rings (SSSR count). The molecule has 0 aliphatic heterocycles. The number of ether oxygens (including phenoxy) is 3. The Morgan fingerprint density at radius 2 is 1.67 bits per heavy atom. The first kappa shape index (κ1) is 23.3. The van der Waals surface area contributed by atoms with Crippen molar-refractivity contribution in [3.63, 3.8) is 0 Å². The lowest BCUT2D eigenvalue weighted by atomic mass is 10.0. The van der Waals surface area contributed by atoms with Gasteiger partial charge in [0.1, 0.15) is 17.2 Å². The first-order chi connectivity index (χ1) is 14.3. The van der Waals surface area contributed by atoms with Crippen molar-refractivity contribution < 1.29 is 19.0 Å². The summed E-state index contributed by atoms with van der Waals surface area (Å²) in [5, 5.41) is 0. The molecule has 30 heavy (non-hydrogen) atoms. The number of carbonyl (C=O) groups is 1. The molecule has 0 radical (unpaired) electrons. The number of ketones is 1. The second-order valence-corrected chi connectivity index (χ2v) is 7.47. The minimum atomic E-state index is -0.0795. The SMILES string of the molecule is C=CCc1c(/C=C/C(=O)c2ccc(OCC)cc2)cc(OC(C)C)cc1OC(C)C. The van der Waals surface area contributed by atoms with Crippen LogP contribution < -0.4 is 14.2 Å². The van der Waals surface area contributed by atoms with Gasteiger partial charge in [0.15, 0.2) is 5.78 Å². The Kier molecular flexibility index (Phi) is 8.72. The van der Waals surface area contributed by atoms with E-state index in [-0.39, 0.29) is 18.0 Å². The first-order valence-electron chi connectivity index (χ1n) is 10.4. The van der Waals surface area contributed by atoms with Crippen molar-refractivity contribution in [3.05, 3.63) is 71.8 Å². The van der Waals surface area contributed by atoms with Gasteiger partial charge in [0, 0.05) is 17.2 Å². The molecular weight excluding hydrogens is 376 g/mol. The number of rotatable bonds is 11. The average Bonchev–Trinajstić information content (AvgIpc) is 2.68. The predicted molar refractivity (Wildman–Crippen MR) is 123 cm³/mol. The number of hydrogen-bond acceptors (Lipinski definition) is 4. The third kappa shape index (κ3) is 6.80. The van der Waals surface area contributed by atoms with E-state index in [1.807, 2.05) is 58.9 Å². The number of benzene rings is 2. The first-order valence-corrected chi connectivity index (χ1v) is 10.4. The zero-order valence-electron chi connectivity index (χ0n) is 18.6. The van der Waals surface area contributed by atoms with Gasteiger partial charge >= 0.3 is 0 Å². The molecule has 160 valence electrons. The van der Waals surface area contributed by atoms with Crippen molar-refractivity contribution in [3.8, 4) is 17.2 Å². The lowest BCUT2D eigenvalue weighted by molar-refractivity contribution is 0.104. The zero-order chi connectivity index (χ0) is 22.1. The van der Waals surface area contributed by atoms with E-state index in [9.17, 15) is 4.79 Å². The van der Waals surface area contributed by atoms with E-state index < -0.39 is 0 Å². The number of allylic oxidation sites excluding steroid dienone is 2. The summed E-state index contributed by atoms with van der Waals surface area (Å²) in [4.78, 5) is 12.7. The molecule has 4 heteroatoms. The van der Waals surface area contributed by atoms with Crippen molar-refractivity contribution in [2.24, 2.45) is 0 Å². The highest BCUT2D eigenvalue weighted by atomic mass is 16.5. The fourth-order valence-corrected chi connectivity index (χ4v) is 3.00. The van der Waals surface area contributed by atoms with Crippen LogP contribution in [0.4, 0.5) is 0 Å². The minimum absolute atomic E-state index is 0.0187. The molecule has 0 fully saturated rings. The van der Waals surface area contributed by atoms with E-state index in [0.717, 1.165) is 22.6 Å². The second-order valence-electron chi connectivity index (χ2n) is 7.47. The van der Waals surface area contributed by atoms with Crippen molar-refractivity contribution in [1.82, 2.24) is 0 Å². The van der Waals surface area contributed by atoms with Crippen LogP contribution in [0.1, 0.15) is 56.1 Å². The van der Waals surface area contributed by atoms with E-state index in [4.69, 9.17) is 14.2 Å². The molecule has 4 nitrogen and oxygen atoms in total. The quantitative estimate of drug-likeness (QED) is 0.249. The molecule has 0 heterocycles. The highest BCUT2D eigenvalue weighted by molar-refractivity contribution is 6.07. The van der Waals surface area contributed by atoms with Gasteiger partial charge in [-0.3, -0.25) is 4.79 Å². The highest BCUT2D eigenvalue weighted by Crippen LogP contribution is 2.32. The fraction of sp³-hybridized carbons (Fsp3) is 0.346. The molecule has 2 aromatic carbocycles. The van der Waals surface area contributed by atoms with Crippen LogP contribution in [0.15, 0.2) is 55.1 Å². The Morgan fingerprint density at radius 3 is 2.23 bits per heavy atom. The van der Waals surface area contributed by atoms with Gasteiger partial charge in [0.2, 0.25) is 0 Å². The Morgan fingerprint density at radius 1 is 1.00 bits per heavy atom. The summed E-state index contributed by atoms with van der Waals surface area (Å²) in [6.45, 7) is 14.3. The normalized spacial score (nSPS) is 11.2. The average molecular weight is 409 g/mol. The standard InChI is InChI=1S/C26H32O4/c1-7-9-24-21(16-23(29-18(3)4)17-26(24)30-19(5)6)12-15-25(27)20-10-13-22(14-11-20)28-8-2/h7,10-19H,1,8-9H2,2-6H3/b15-12+. The molecule has 0 N–H and O–H groups in total. The topological polar surface area (TPSA) is 44.8 Å². The maximum absolute atomic E-state index is 12.7. The third-order valence-corrected chi connectivity index (χ3v) is 4.16. The van der Waals surface area contributed by atoms with Crippen LogP contribution in [-0.4, -0.2) is 24.6 Å². The molecule has 0 aliphatic rings. The van der Waals surface area contributed by atoms with E-state index in [1.54, 1.807) is 30.3 Å². The maximum Gasteiger partial charge on any atom is 0.185 e. The van der Waals surface area contributed by atoms with Crippen LogP contribution in [-0.2, 0) is 6.42 Å². The van der Waals surface area contributed by atoms with Gasteiger partial charge in [-0.2, -0.15) is 0 Å². The molecule has 0 bridgehead atoms. The van der Waals surface area contributed by atoms with Gasteiger partial charge in [-0.15, -0.1) is 6.58 Å². The Bertz CT molecular complexity index is 877. The fourth-order valence-electron chi connectivity index (χ4n) is 3.00. The van der Waals surface area contributed by atoms with Gasteiger partial charge in [-0.1, -0.05) is 12.2 Å². The number of carbonyl (C=O) groups excluding carboxylic acids is 1. The van der Waals surface area contributed by atoms with Crippen LogP contribution in [0.2, 0.25) is 0 Å². The summed E-state index contributed by atoms with van der Waals surface area (Å²) in [5.41, 5.74) is 2.46. The smallest absolute Gasteiger partial charge is 0.185 e. The van der Waals surface area contributed by atoms with Crippen LogP contribution >= 0.6 is 0 Å². The molecule has 0 saturated carbocycles. The van der Waals surface area contributed by atoms with E-state index in [1.165, 1.54) is 0 Å². The molecule has 0 saturated heterocycles. The Hall–Kier alpha value is -3.01. The van der Waals surface area contributed by atoms with Crippen LogP contribution in [0.3, 0.4) is 0 Å². The molecule has 0 atom stereocenters. The summed E-state index contributed by atoms with van der Waals surface area (Å²) in [6.07, 6.45) is 5.90. The predicted octanol–water partition coefficient (Wildman–Crippen LogP) is 6.28. The molecule has 0 spiro atoms. The minimum Gasteiger partial charge on any atom is -0.494 e. The van der Waals surface area contributed by atoms with Gasteiger partial charge in [-0.05, 0) is 83.0 Å². The van der Waals surface area contributed by atoms with Crippen molar-refractivity contribution in [2.45, 2.75) is 53.2 Å². The van der Waals surface area contributed by atoms with E-state index in [0.29, 0.717) is 24.3 Å². The molecule has 0 aliphatic carbocycles. The van der Waals surface area contributed by atoms with E-state index in [2.05, 4.69) is 6.58 Å². The van der Waals surface area contributed by atoms with Crippen LogP contribution in [0.25, 0.3) is 6.08 Å². The summed E-state index contributed by atoms with van der Waals surface area (Å²) in [7, 11) is 0. The molecule has 0 amide bonds. The van der Waals surface area contributed by atoms with Gasteiger partial charge in [0.25, 0.3) is 0 Å². The molecule has 0 unspecified atom stereocenters. The van der Waals surface area contributed by atoms with Gasteiger partial charge in [0.05, 0.1) is 18.8 Å². The summed E-state index contributed by atoms with van der Waals surface area (Å²) in [6, 6.07) is 11.0. The highest BCUT2D eigenvalue weighted by Gasteiger charge is 2.13. The summed E-state index contributed by atoms with van der Waals surface area (Å²) >= 11 is 0. The lowest BCUT2D eigenvalue weighted by Gasteiger charge is -2.19. The van der Waals surface area contributed by atoms with Gasteiger partial charge < -0.3 is 14.2 Å². The maximum atomic E-state index is 12.7. The van der Waals surface area contributed by atoms with Crippen molar-refractivity contribution in [1.29, 1.82) is 0 Å². The summed E-state index contributed by atoms with van der Waals surface area (Å²) in [5.74, 6) is 2.13. The molecular formula is C26H32O4. The summed E-state index contributed by atoms with van der Waals surface area (Å²) < 4.78 is 17.4. The molecule has 0 aromatic heterocycles. The second kappa shape index (κ2) is 11.2. The largest absolute Gasteiger partial charge is 0.494 e. The monoisotopic (exact) mass is 408 g/mol. The lowest BCUT2D eigenvalue weighted by Crippen LogP contribution is -2.10. The van der Waals surface area contributed by atoms with Crippen molar-refractivity contribution >= 4 is 11.9 Å². The molecule has 2 aromatic rings. The Labute approximate surface area is 180 Å². The van der Waals surface area contributed by atoms with E-state index >= 15 is 0 Å². The Balaban J connectivity index is 2.38.